The molecule has 6 heteroatoms. The van der Waals surface area contributed by atoms with Gasteiger partial charge in [0.25, 0.3) is 0 Å². The van der Waals surface area contributed by atoms with E-state index in [2.05, 4.69) is 10.3 Å². The van der Waals surface area contributed by atoms with Gasteiger partial charge in [0, 0.05) is 0 Å². The summed E-state index contributed by atoms with van der Waals surface area (Å²) < 4.78 is 40.5. The number of halogens is 3. The van der Waals surface area contributed by atoms with E-state index in [1.54, 1.807) is 13.8 Å². The minimum atomic E-state index is -4.21. The molecule has 0 radical (unpaired) electrons. The van der Waals surface area contributed by atoms with Crippen LogP contribution in [0.1, 0.15) is 24.6 Å². The molecule has 3 nitrogen and oxygen atoms in total. The first-order valence-electron chi connectivity index (χ1n) is 4.11. The van der Waals surface area contributed by atoms with E-state index >= 15 is 0 Å². The molecule has 1 unspecified atom stereocenters. The van der Waals surface area contributed by atoms with Crippen molar-refractivity contribution in [3.05, 3.63) is 17.8 Å². The van der Waals surface area contributed by atoms with Gasteiger partial charge in [-0.15, -0.1) is 0 Å². The average molecular weight is 208 g/mol. The van der Waals surface area contributed by atoms with Crippen LogP contribution in [0.3, 0.4) is 0 Å². The number of aryl methyl sites for hydroxylation is 1. The van der Waals surface area contributed by atoms with Crippen molar-refractivity contribution < 1.29 is 17.6 Å². The van der Waals surface area contributed by atoms with Crippen LogP contribution in [0.4, 0.5) is 13.2 Å². The molecular formula is C8H11F3N2O. The van der Waals surface area contributed by atoms with Gasteiger partial charge >= 0.3 is 6.18 Å². The number of nitrogens with one attached hydrogen (secondary N) is 1. The Morgan fingerprint density at radius 3 is 2.64 bits per heavy atom. The van der Waals surface area contributed by atoms with Gasteiger partial charge in [0.1, 0.15) is 5.76 Å². The third-order valence-electron chi connectivity index (χ3n) is 1.62. The van der Waals surface area contributed by atoms with Crippen LogP contribution in [0.5, 0.6) is 0 Å². The average Bonchev–Trinajstić information content (AvgIpc) is 2.46. The zero-order valence-electron chi connectivity index (χ0n) is 7.85. The number of oxazole rings is 1. The van der Waals surface area contributed by atoms with Gasteiger partial charge in [0.2, 0.25) is 5.89 Å². The fraction of sp³-hybridized carbons (Fsp3) is 0.625. The Labute approximate surface area is 79.3 Å². The Morgan fingerprint density at radius 1 is 1.57 bits per heavy atom. The Hall–Kier alpha value is -1.04. The molecule has 0 bridgehead atoms. The van der Waals surface area contributed by atoms with Gasteiger partial charge in [-0.1, -0.05) is 0 Å². The molecule has 0 amide bonds. The lowest BCUT2D eigenvalue weighted by Gasteiger charge is -2.11. The molecule has 1 atom stereocenters. The fourth-order valence-corrected chi connectivity index (χ4v) is 0.928. The van der Waals surface area contributed by atoms with Crippen LogP contribution in [0.25, 0.3) is 0 Å². The van der Waals surface area contributed by atoms with Gasteiger partial charge in [0.05, 0.1) is 18.8 Å². The van der Waals surface area contributed by atoms with Crippen molar-refractivity contribution in [2.45, 2.75) is 26.1 Å². The normalized spacial score (nSPS) is 14.4. The van der Waals surface area contributed by atoms with Gasteiger partial charge in [-0.2, -0.15) is 13.2 Å². The Morgan fingerprint density at radius 2 is 2.21 bits per heavy atom. The second-order valence-corrected chi connectivity index (χ2v) is 3.03. The maximum Gasteiger partial charge on any atom is 0.401 e. The number of aromatic nitrogens is 1. The lowest BCUT2D eigenvalue weighted by Crippen LogP contribution is -2.30. The minimum Gasteiger partial charge on any atom is -0.444 e. The van der Waals surface area contributed by atoms with E-state index in [0.29, 0.717) is 5.76 Å². The molecule has 0 spiro atoms. The molecule has 80 valence electrons. The molecule has 1 N–H and O–H groups in total. The predicted molar refractivity (Wildman–Crippen MR) is 43.7 cm³/mol. The summed E-state index contributed by atoms with van der Waals surface area (Å²) in [5.41, 5.74) is 0. The summed E-state index contributed by atoms with van der Waals surface area (Å²) in [6.45, 7) is 2.21. The molecule has 0 aliphatic heterocycles. The molecule has 0 fully saturated rings. The number of rotatable bonds is 3. The van der Waals surface area contributed by atoms with Crippen molar-refractivity contribution in [1.82, 2.24) is 10.3 Å². The lowest BCUT2D eigenvalue weighted by molar-refractivity contribution is -0.126. The lowest BCUT2D eigenvalue weighted by atomic mass is 10.3. The van der Waals surface area contributed by atoms with Crippen molar-refractivity contribution in [3.63, 3.8) is 0 Å². The summed E-state index contributed by atoms with van der Waals surface area (Å²) in [7, 11) is 0. The summed E-state index contributed by atoms with van der Waals surface area (Å²) in [5, 5.41) is 2.27. The van der Waals surface area contributed by atoms with Crippen molar-refractivity contribution >= 4 is 0 Å². The first-order chi connectivity index (χ1) is 6.38. The van der Waals surface area contributed by atoms with E-state index in [1.807, 2.05) is 0 Å². The molecule has 14 heavy (non-hydrogen) atoms. The Kier molecular flexibility index (Phi) is 3.15. The smallest absolute Gasteiger partial charge is 0.401 e. The highest BCUT2D eigenvalue weighted by Crippen LogP contribution is 2.16. The van der Waals surface area contributed by atoms with Gasteiger partial charge in [-0.25, -0.2) is 4.98 Å². The maximum atomic E-state index is 11.8. The molecule has 0 aliphatic carbocycles. The van der Waals surface area contributed by atoms with Crippen molar-refractivity contribution in [2.24, 2.45) is 0 Å². The van der Waals surface area contributed by atoms with E-state index in [-0.39, 0.29) is 5.89 Å². The zero-order valence-corrected chi connectivity index (χ0v) is 7.85. The van der Waals surface area contributed by atoms with Crippen LogP contribution < -0.4 is 5.32 Å². The standard InChI is InChI=1S/C8H11F3N2O/c1-5-3-12-7(14-5)6(2)13-4-8(9,10)11/h3,6,13H,4H2,1-2H3. The molecule has 1 rings (SSSR count). The van der Waals surface area contributed by atoms with E-state index in [4.69, 9.17) is 4.42 Å². The van der Waals surface area contributed by atoms with Crippen molar-refractivity contribution in [1.29, 1.82) is 0 Å². The number of nitrogens with zero attached hydrogens (tertiary/aromatic N) is 1. The molecular weight excluding hydrogens is 197 g/mol. The van der Waals surface area contributed by atoms with Crippen LogP contribution in [-0.2, 0) is 0 Å². The number of hydrogen-bond acceptors (Lipinski definition) is 3. The fourth-order valence-electron chi connectivity index (χ4n) is 0.928. The van der Waals surface area contributed by atoms with Gasteiger partial charge < -0.3 is 4.42 Å². The number of hydrogen-bond donors (Lipinski definition) is 1. The molecule has 1 aromatic rings. The molecule has 1 aromatic heterocycles. The monoisotopic (exact) mass is 208 g/mol. The summed E-state index contributed by atoms with van der Waals surface area (Å²) in [4.78, 5) is 3.82. The Balaban J connectivity index is 2.47. The van der Waals surface area contributed by atoms with Crippen LogP contribution in [0.15, 0.2) is 10.6 Å². The molecule has 0 saturated carbocycles. The SMILES string of the molecule is Cc1cnc(C(C)NCC(F)(F)F)o1. The second-order valence-electron chi connectivity index (χ2n) is 3.03. The maximum absolute atomic E-state index is 11.8. The van der Waals surface area contributed by atoms with Crippen LogP contribution in [0, 0.1) is 6.92 Å². The summed E-state index contributed by atoms with van der Waals surface area (Å²) in [6, 6.07) is -0.537. The van der Waals surface area contributed by atoms with Crippen LogP contribution >= 0.6 is 0 Å². The molecule has 0 saturated heterocycles. The third kappa shape index (κ3) is 3.37. The van der Waals surface area contributed by atoms with E-state index in [1.165, 1.54) is 6.20 Å². The topological polar surface area (TPSA) is 38.1 Å². The first kappa shape index (κ1) is 11.0. The van der Waals surface area contributed by atoms with Gasteiger partial charge in [-0.05, 0) is 13.8 Å². The summed E-state index contributed by atoms with van der Waals surface area (Å²) in [5.74, 6) is 0.854. The van der Waals surface area contributed by atoms with Gasteiger partial charge in [0.15, 0.2) is 0 Å². The first-order valence-corrected chi connectivity index (χ1v) is 4.11. The van der Waals surface area contributed by atoms with E-state index in [9.17, 15) is 13.2 Å². The largest absolute Gasteiger partial charge is 0.444 e. The van der Waals surface area contributed by atoms with Crippen molar-refractivity contribution in [3.8, 4) is 0 Å². The highest BCUT2D eigenvalue weighted by atomic mass is 19.4. The van der Waals surface area contributed by atoms with Crippen molar-refractivity contribution in [2.75, 3.05) is 6.54 Å². The third-order valence-corrected chi connectivity index (χ3v) is 1.62. The number of alkyl halides is 3. The highest BCUT2D eigenvalue weighted by Gasteiger charge is 2.28. The van der Waals surface area contributed by atoms with Gasteiger partial charge in [-0.3, -0.25) is 5.32 Å². The molecule has 0 aromatic carbocycles. The minimum absolute atomic E-state index is 0.270. The highest BCUT2D eigenvalue weighted by molar-refractivity contribution is 4.94. The quantitative estimate of drug-likeness (QED) is 0.827. The van der Waals surface area contributed by atoms with E-state index < -0.39 is 18.8 Å². The van der Waals surface area contributed by atoms with E-state index in [0.717, 1.165) is 0 Å². The predicted octanol–water partition coefficient (Wildman–Crippen LogP) is 2.20. The summed E-state index contributed by atoms with van der Waals surface area (Å²) in [6.07, 6.45) is -2.74. The second kappa shape index (κ2) is 4.00. The molecule has 1 heterocycles. The van der Waals surface area contributed by atoms with Crippen LogP contribution in [0.2, 0.25) is 0 Å². The van der Waals surface area contributed by atoms with Crippen LogP contribution in [-0.4, -0.2) is 17.7 Å². The summed E-state index contributed by atoms with van der Waals surface area (Å²) >= 11 is 0. The molecule has 0 aliphatic rings. The Bertz CT molecular complexity index is 295. The zero-order chi connectivity index (χ0) is 10.8.